The largest absolute Gasteiger partial charge is 0.354 e. The molecule has 0 radical (unpaired) electrons. The lowest BCUT2D eigenvalue weighted by atomic mass is 9.87. The molecule has 1 heterocycles. The molecule has 0 saturated heterocycles. The van der Waals surface area contributed by atoms with Gasteiger partial charge in [-0.15, -0.1) is 0 Å². The molecule has 2 heteroatoms. The Morgan fingerprint density at radius 2 is 1.00 bits per heavy atom. The van der Waals surface area contributed by atoms with Crippen LogP contribution in [0.3, 0.4) is 0 Å². The average Bonchev–Trinajstić information content (AvgIpc) is 3.32. The molecule has 0 bridgehead atoms. The van der Waals surface area contributed by atoms with Crippen LogP contribution in [0.5, 0.6) is 0 Å². The van der Waals surface area contributed by atoms with Crippen LogP contribution in [-0.4, -0.2) is 4.98 Å². The van der Waals surface area contributed by atoms with Crippen LogP contribution in [0, 0.1) is 0 Å². The van der Waals surface area contributed by atoms with E-state index in [4.69, 9.17) is 11.6 Å². The summed E-state index contributed by atoms with van der Waals surface area (Å²) in [5.41, 5.74) is 9.37. The third kappa shape index (κ3) is 3.32. The van der Waals surface area contributed by atoms with Gasteiger partial charge in [0.05, 0.1) is 5.52 Å². The lowest BCUT2D eigenvalue weighted by Crippen LogP contribution is -1.91. The average molecular weight is 480 g/mol. The van der Waals surface area contributed by atoms with E-state index in [2.05, 4.69) is 126 Å². The van der Waals surface area contributed by atoms with Gasteiger partial charge in [-0.1, -0.05) is 121 Å². The predicted octanol–water partition coefficient (Wildman–Crippen LogP) is 10.1. The van der Waals surface area contributed by atoms with Crippen molar-refractivity contribution < 1.29 is 0 Å². The van der Waals surface area contributed by atoms with Crippen LogP contribution in [0.4, 0.5) is 0 Å². The third-order valence-corrected chi connectivity index (χ3v) is 7.35. The molecule has 170 valence electrons. The number of H-pyrrole nitrogens is 1. The summed E-state index contributed by atoms with van der Waals surface area (Å²) >= 11 is 6.58. The predicted molar refractivity (Wildman–Crippen MR) is 155 cm³/mol. The van der Waals surface area contributed by atoms with E-state index >= 15 is 0 Å². The highest BCUT2D eigenvalue weighted by molar-refractivity contribution is 6.31. The maximum Gasteiger partial charge on any atom is 0.0544 e. The second kappa shape index (κ2) is 8.41. The van der Waals surface area contributed by atoms with Gasteiger partial charge in [0.15, 0.2) is 0 Å². The fourth-order valence-corrected chi connectivity index (χ4v) is 5.66. The van der Waals surface area contributed by atoms with Crippen LogP contribution in [0.2, 0.25) is 5.02 Å². The highest BCUT2D eigenvalue weighted by atomic mass is 35.5. The van der Waals surface area contributed by atoms with Crippen molar-refractivity contribution in [2.75, 3.05) is 0 Å². The van der Waals surface area contributed by atoms with E-state index in [9.17, 15) is 0 Å². The van der Waals surface area contributed by atoms with Gasteiger partial charge >= 0.3 is 0 Å². The van der Waals surface area contributed by atoms with Gasteiger partial charge in [-0.3, -0.25) is 0 Å². The molecule has 0 saturated carbocycles. The van der Waals surface area contributed by atoms with Crippen LogP contribution in [0.25, 0.3) is 66.0 Å². The molecule has 0 aliphatic rings. The van der Waals surface area contributed by atoms with E-state index in [-0.39, 0.29) is 0 Å². The molecule has 0 atom stereocenters. The lowest BCUT2D eigenvalue weighted by molar-refractivity contribution is 1.53. The maximum atomic E-state index is 6.58. The van der Waals surface area contributed by atoms with Crippen LogP contribution < -0.4 is 0 Å². The van der Waals surface area contributed by atoms with Crippen LogP contribution in [-0.2, 0) is 0 Å². The first-order valence-corrected chi connectivity index (χ1v) is 12.5. The normalized spacial score (nSPS) is 11.5. The van der Waals surface area contributed by atoms with Gasteiger partial charge in [-0.25, -0.2) is 0 Å². The molecule has 0 spiro atoms. The van der Waals surface area contributed by atoms with E-state index in [1.807, 2.05) is 6.07 Å². The first-order chi connectivity index (χ1) is 17.8. The molecular weight excluding hydrogens is 458 g/mol. The maximum absolute atomic E-state index is 6.58. The Bertz CT molecular complexity index is 1910. The van der Waals surface area contributed by atoms with Crippen LogP contribution >= 0.6 is 11.6 Å². The van der Waals surface area contributed by atoms with Crippen molar-refractivity contribution in [1.82, 2.24) is 4.98 Å². The molecule has 0 amide bonds. The molecule has 1 aromatic heterocycles. The van der Waals surface area contributed by atoms with Gasteiger partial charge in [-0.2, -0.15) is 0 Å². The molecule has 6 aromatic carbocycles. The summed E-state index contributed by atoms with van der Waals surface area (Å²) < 4.78 is 0. The van der Waals surface area contributed by atoms with Crippen molar-refractivity contribution in [3.63, 3.8) is 0 Å². The second-order valence-corrected chi connectivity index (χ2v) is 9.60. The SMILES string of the molecule is Clc1ccc(-c2ccccc2-c2cccc3c2[nH]c2ccccc23)c(-c2cccc3ccccc23)c1. The molecule has 0 unspecified atom stereocenters. The summed E-state index contributed by atoms with van der Waals surface area (Å²) in [7, 11) is 0. The van der Waals surface area contributed by atoms with Crippen molar-refractivity contribution in [2.45, 2.75) is 0 Å². The van der Waals surface area contributed by atoms with Gasteiger partial charge < -0.3 is 4.98 Å². The van der Waals surface area contributed by atoms with Crippen LogP contribution in [0.15, 0.2) is 127 Å². The molecule has 36 heavy (non-hydrogen) atoms. The highest BCUT2D eigenvalue weighted by Crippen LogP contribution is 2.43. The summed E-state index contributed by atoms with van der Waals surface area (Å²) in [6.45, 7) is 0. The zero-order valence-electron chi connectivity index (χ0n) is 19.5. The molecule has 1 nitrogen and oxygen atoms in total. The lowest BCUT2D eigenvalue weighted by Gasteiger charge is -2.17. The number of fused-ring (bicyclic) bond motifs is 4. The molecule has 0 aliphatic carbocycles. The Morgan fingerprint density at radius 3 is 1.89 bits per heavy atom. The molecule has 0 aliphatic heterocycles. The minimum Gasteiger partial charge on any atom is -0.354 e. The Balaban J connectivity index is 1.51. The van der Waals surface area contributed by atoms with Gasteiger partial charge in [-0.05, 0) is 56.8 Å². The molecule has 1 N–H and O–H groups in total. The number of aromatic nitrogens is 1. The number of nitrogens with one attached hydrogen (secondary N) is 1. The smallest absolute Gasteiger partial charge is 0.0544 e. The first kappa shape index (κ1) is 21.0. The van der Waals surface area contributed by atoms with Gasteiger partial charge in [0.25, 0.3) is 0 Å². The minimum absolute atomic E-state index is 0.733. The fourth-order valence-electron chi connectivity index (χ4n) is 5.48. The van der Waals surface area contributed by atoms with Crippen molar-refractivity contribution >= 4 is 44.2 Å². The van der Waals surface area contributed by atoms with Crippen molar-refractivity contribution in [1.29, 1.82) is 0 Å². The monoisotopic (exact) mass is 479 g/mol. The topological polar surface area (TPSA) is 15.8 Å². The van der Waals surface area contributed by atoms with E-state index in [0.29, 0.717) is 0 Å². The standard InChI is InChI=1S/C34H22ClN/c35-23-19-20-28(32(21-23)25-15-7-10-22-9-1-2-11-24(22)25)26-12-3-4-13-27(26)30-16-8-17-31-29-14-5-6-18-33(29)36-34(30)31/h1-21,36H. The molecule has 7 aromatic rings. The molecular formula is C34H22ClN. The van der Waals surface area contributed by atoms with Crippen molar-refractivity contribution in [2.24, 2.45) is 0 Å². The molecule has 0 fully saturated rings. The van der Waals surface area contributed by atoms with Gasteiger partial charge in [0.1, 0.15) is 0 Å². The Hall–Kier alpha value is -4.33. The summed E-state index contributed by atoms with van der Waals surface area (Å²) in [5.74, 6) is 0. The number of hydrogen-bond acceptors (Lipinski definition) is 0. The first-order valence-electron chi connectivity index (χ1n) is 12.1. The Kier molecular flexibility index (Phi) is 4.90. The number of halogens is 1. The van der Waals surface area contributed by atoms with Gasteiger partial charge in [0.2, 0.25) is 0 Å². The Labute approximate surface area is 214 Å². The zero-order chi connectivity index (χ0) is 24.1. The second-order valence-electron chi connectivity index (χ2n) is 9.16. The van der Waals surface area contributed by atoms with Crippen LogP contribution in [0.1, 0.15) is 0 Å². The quantitative estimate of drug-likeness (QED) is 0.259. The summed E-state index contributed by atoms with van der Waals surface area (Å²) in [5, 5.41) is 5.66. The number of rotatable bonds is 3. The zero-order valence-corrected chi connectivity index (χ0v) is 20.3. The van der Waals surface area contributed by atoms with Crippen molar-refractivity contribution in [3.05, 3.63) is 132 Å². The number of para-hydroxylation sites is 2. The summed E-state index contributed by atoms with van der Waals surface area (Å²) in [4.78, 5) is 3.68. The number of aromatic amines is 1. The van der Waals surface area contributed by atoms with Gasteiger partial charge in [0, 0.05) is 26.9 Å². The summed E-state index contributed by atoms with van der Waals surface area (Å²) in [6.07, 6.45) is 0. The van der Waals surface area contributed by atoms with Crippen molar-refractivity contribution in [3.8, 4) is 33.4 Å². The van der Waals surface area contributed by atoms with E-state index in [0.717, 1.165) is 21.6 Å². The minimum atomic E-state index is 0.733. The van der Waals surface area contributed by atoms with E-state index in [1.165, 1.54) is 49.4 Å². The third-order valence-electron chi connectivity index (χ3n) is 7.11. The van der Waals surface area contributed by atoms with E-state index in [1.54, 1.807) is 0 Å². The summed E-state index contributed by atoms with van der Waals surface area (Å²) in [6, 6.07) is 45.0. The Morgan fingerprint density at radius 1 is 0.417 bits per heavy atom. The highest BCUT2D eigenvalue weighted by Gasteiger charge is 2.17. The number of benzene rings is 6. The number of hydrogen-bond donors (Lipinski definition) is 1. The fraction of sp³-hybridized carbons (Fsp3) is 0. The van der Waals surface area contributed by atoms with E-state index < -0.39 is 0 Å². The molecule has 7 rings (SSSR count).